The third-order valence-corrected chi connectivity index (χ3v) is 3.89. The van der Waals surface area contributed by atoms with E-state index in [1.165, 1.54) is 16.5 Å². The number of hydrogen-bond donors (Lipinski definition) is 2. The maximum Gasteiger partial charge on any atom is 0.0457 e. The number of nitrogens with zero attached hydrogens (tertiary/aromatic N) is 1. The van der Waals surface area contributed by atoms with Crippen LogP contribution in [0.4, 0.5) is 0 Å². The molecule has 2 heterocycles. The third-order valence-electron chi connectivity index (χ3n) is 3.65. The molecule has 3 nitrogen and oxygen atoms in total. The zero-order valence-corrected chi connectivity index (χ0v) is 11.3. The highest BCUT2D eigenvalue weighted by Gasteiger charge is 2.18. The van der Waals surface area contributed by atoms with E-state index in [1.807, 2.05) is 12.1 Å². The van der Waals surface area contributed by atoms with Crippen molar-refractivity contribution in [1.29, 1.82) is 0 Å². The van der Waals surface area contributed by atoms with Gasteiger partial charge in [0, 0.05) is 47.8 Å². The molecule has 1 fully saturated rings. The van der Waals surface area contributed by atoms with Crippen LogP contribution in [0, 0.1) is 0 Å². The standard InChI is InChI=1S/C14H18ClN3/c1-18-5-4-16-12(9-18)6-10-8-17-14-3-2-11(15)7-13(10)14/h2-3,7-8,12,16-17H,4-6,9H2,1H3. The Bertz CT molecular complexity index is 549. The highest BCUT2D eigenvalue weighted by Crippen LogP contribution is 2.23. The molecule has 1 atom stereocenters. The number of hydrogen-bond acceptors (Lipinski definition) is 2. The third kappa shape index (κ3) is 2.39. The fourth-order valence-electron chi connectivity index (χ4n) is 2.71. The topological polar surface area (TPSA) is 31.1 Å². The summed E-state index contributed by atoms with van der Waals surface area (Å²) in [5.74, 6) is 0. The molecule has 3 rings (SSSR count). The first-order chi connectivity index (χ1) is 8.72. The highest BCUT2D eigenvalue weighted by atomic mass is 35.5. The minimum absolute atomic E-state index is 0.529. The monoisotopic (exact) mass is 263 g/mol. The van der Waals surface area contributed by atoms with E-state index in [4.69, 9.17) is 11.6 Å². The van der Waals surface area contributed by atoms with E-state index in [0.717, 1.165) is 31.1 Å². The van der Waals surface area contributed by atoms with Crippen LogP contribution in [0.5, 0.6) is 0 Å². The maximum atomic E-state index is 6.08. The predicted octanol–water partition coefficient (Wildman–Crippen LogP) is 2.27. The summed E-state index contributed by atoms with van der Waals surface area (Å²) in [5.41, 5.74) is 2.51. The van der Waals surface area contributed by atoms with Crippen molar-refractivity contribution in [2.24, 2.45) is 0 Å². The van der Waals surface area contributed by atoms with Crippen LogP contribution in [-0.2, 0) is 6.42 Å². The molecule has 1 unspecified atom stereocenters. The first-order valence-corrected chi connectivity index (χ1v) is 6.77. The lowest BCUT2D eigenvalue weighted by Gasteiger charge is -2.30. The van der Waals surface area contributed by atoms with Gasteiger partial charge in [0.1, 0.15) is 0 Å². The number of H-pyrrole nitrogens is 1. The Hall–Kier alpha value is -1.03. The number of nitrogens with one attached hydrogen (secondary N) is 2. The summed E-state index contributed by atoms with van der Waals surface area (Å²) in [7, 11) is 2.18. The van der Waals surface area contributed by atoms with Crippen molar-refractivity contribution in [3.8, 4) is 0 Å². The molecule has 0 bridgehead atoms. The molecular weight excluding hydrogens is 246 g/mol. The van der Waals surface area contributed by atoms with Crippen molar-refractivity contribution in [3.05, 3.63) is 35.0 Å². The second-order valence-electron chi connectivity index (χ2n) is 5.12. The van der Waals surface area contributed by atoms with E-state index in [-0.39, 0.29) is 0 Å². The zero-order valence-electron chi connectivity index (χ0n) is 10.5. The molecule has 0 amide bonds. The molecule has 2 N–H and O–H groups in total. The van der Waals surface area contributed by atoms with Gasteiger partial charge in [-0.1, -0.05) is 11.6 Å². The van der Waals surface area contributed by atoms with E-state index in [0.29, 0.717) is 6.04 Å². The summed E-state index contributed by atoms with van der Waals surface area (Å²) in [5, 5.41) is 5.63. The molecule has 18 heavy (non-hydrogen) atoms. The number of piperazine rings is 1. The minimum Gasteiger partial charge on any atom is -0.361 e. The van der Waals surface area contributed by atoms with Gasteiger partial charge in [0.05, 0.1) is 0 Å². The van der Waals surface area contributed by atoms with E-state index in [1.54, 1.807) is 0 Å². The van der Waals surface area contributed by atoms with Crippen molar-refractivity contribution < 1.29 is 0 Å². The summed E-state index contributed by atoms with van der Waals surface area (Å²) in [4.78, 5) is 5.69. The van der Waals surface area contributed by atoms with Crippen LogP contribution >= 0.6 is 11.6 Å². The van der Waals surface area contributed by atoms with E-state index < -0.39 is 0 Å². The minimum atomic E-state index is 0.529. The maximum absolute atomic E-state index is 6.08. The van der Waals surface area contributed by atoms with Crippen LogP contribution in [0.15, 0.2) is 24.4 Å². The van der Waals surface area contributed by atoms with E-state index >= 15 is 0 Å². The second-order valence-corrected chi connectivity index (χ2v) is 5.56. The summed E-state index contributed by atoms with van der Waals surface area (Å²) in [6.07, 6.45) is 3.15. The zero-order chi connectivity index (χ0) is 12.5. The molecule has 1 aromatic heterocycles. The molecule has 4 heteroatoms. The van der Waals surface area contributed by atoms with Gasteiger partial charge in [0.15, 0.2) is 0 Å². The fraction of sp³-hybridized carbons (Fsp3) is 0.429. The quantitative estimate of drug-likeness (QED) is 0.871. The Morgan fingerprint density at radius 1 is 1.44 bits per heavy atom. The van der Waals surface area contributed by atoms with Crippen molar-refractivity contribution in [3.63, 3.8) is 0 Å². The normalized spacial score (nSPS) is 21.6. The Morgan fingerprint density at radius 3 is 3.17 bits per heavy atom. The highest BCUT2D eigenvalue weighted by molar-refractivity contribution is 6.31. The van der Waals surface area contributed by atoms with Gasteiger partial charge in [-0.2, -0.15) is 0 Å². The van der Waals surface area contributed by atoms with Crippen LogP contribution < -0.4 is 5.32 Å². The van der Waals surface area contributed by atoms with E-state index in [2.05, 4.69) is 34.5 Å². The van der Waals surface area contributed by atoms with Gasteiger partial charge in [0.2, 0.25) is 0 Å². The van der Waals surface area contributed by atoms with Gasteiger partial charge >= 0.3 is 0 Å². The first-order valence-electron chi connectivity index (χ1n) is 6.40. The Morgan fingerprint density at radius 2 is 2.33 bits per heavy atom. The second kappa shape index (κ2) is 4.92. The number of aromatic amines is 1. The molecule has 1 aliphatic heterocycles. The molecule has 96 valence electrons. The van der Waals surface area contributed by atoms with Gasteiger partial charge in [-0.25, -0.2) is 0 Å². The van der Waals surface area contributed by atoms with Crippen LogP contribution in [0.2, 0.25) is 5.02 Å². The number of likely N-dealkylation sites (N-methyl/N-ethyl adjacent to an activating group) is 1. The largest absolute Gasteiger partial charge is 0.361 e. The average molecular weight is 264 g/mol. The summed E-state index contributed by atoms with van der Waals surface area (Å²) in [6, 6.07) is 6.55. The lowest BCUT2D eigenvalue weighted by atomic mass is 10.0. The van der Waals surface area contributed by atoms with Crippen molar-refractivity contribution >= 4 is 22.5 Å². The molecule has 0 aliphatic carbocycles. The number of aromatic nitrogens is 1. The van der Waals surface area contributed by atoms with Crippen molar-refractivity contribution in [1.82, 2.24) is 15.2 Å². The molecule has 1 aliphatic rings. The molecule has 0 saturated carbocycles. The molecular formula is C14H18ClN3. The molecule has 0 spiro atoms. The molecule has 0 radical (unpaired) electrons. The van der Waals surface area contributed by atoms with Crippen molar-refractivity contribution in [2.75, 3.05) is 26.7 Å². The van der Waals surface area contributed by atoms with Crippen LogP contribution in [0.3, 0.4) is 0 Å². The van der Waals surface area contributed by atoms with Gasteiger partial charge in [-0.15, -0.1) is 0 Å². The Labute approximate surface area is 112 Å². The molecule has 1 aromatic carbocycles. The van der Waals surface area contributed by atoms with Crippen LogP contribution in [0.1, 0.15) is 5.56 Å². The first kappa shape index (κ1) is 12.0. The fourth-order valence-corrected chi connectivity index (χ4v) is 2.89. The number of rotatable bonds is 2. The SMILES string of the molecule is CN1CCNC(Cc2c[nH]c3ccc(Cl)cc23)C1. The lowest BCUT2D eigenvalue weighted by molar-refractivity contribution is 0.238. The molecule has 1 saturated heterocycles. The van der Waals surface area contributed by atoms with Gasteiger partial charge in [-0.05, 0) is 37.2 Å². The van der Waals surface area contributed by atoms with Crippen LogP contribution in [-0.4, -0.2) is 42.6 Å². The average Bonchev–Trinajstić information content (AvgIpc) is 2.72. The number of halogens is 1. The Kier molecular flexibility index (Phi) is 3.29. The van der Waals surface area contributed by atoms with E-state index in [9.17, 15) is 0 Å². The smallest absolute Gasteiger partial charge is 0.0457 e. The number of fused-ring (bicyclic) bond motifs is 1. The lowest BCUT2D eigenvalue weighted by Crippen LogP contribution is -2.49. The summed E-state index contributed by atoms with van der Waals surface area (Å²) in [6.45, 7) is 3.31. The van der Waals surface area contributed by atoms with Crippen molar-refractivity contribution in [2.45, 2.75) is 12.5 Å². The number of benzene rings is 1. The van der Waals surface area contributed by atoms with Crippen LogP contribution in [0.25, 0.3) is 10.9 Å². The summed E-state index contributed by atoms with van der Waals surface area (Å²) >= 11 is 6.08. The summed E-state index contributed by atoms with van der Waals surface area (Å²) < 4.78 is 0. The van der Waals surface area contributed by atoms with Gasteiger partial charge < -0.3 is 15.2 Å². The Balaban J connectivity index is 1.83. The van der Waals surface area contributed by atoms with Gasteiger partial charge in [0.25, 0.3) is 0 Å². The predicted molar refractivity (Wildman–Crippen MR) is 76.3 cm³/mol. The molecule has 2 aromatic rings. The van der Waals surface area contributed by atoms with Gasteiger partial charge in [-0.3, -0.25) is 0 Å².